The van der Waals surface area contributed by atoms with E-state index in [-0.39, 0.29) is 17.0 Å². The lowest BCUT2D eigenvalue weighted by molar-refractivity contribution is 0.102. The molecule has 1 aromatic heterocycles. The van der Waals surface area contributed by atoms with Crippen molar-refractivity contribution in [2.24, 2.45) is 0 Å². The fourth-order valence-electron chi connectivity index (χ4n) is 2.81. The molecule has 0 saturated heterocycles. The maximum atomic E-state index is 12.6. The molecule has 2 N–H and O–H groups in total. The van der Waals surface area contributed by atoms with E-state index in [0.717, 1.165) is 5.69 Å². The summed E-state index contributed by atoms with van der Waals surface area (Å²) in [6.45, 7) is 8.24. The van der Waals surface area contributed by atoms with Crippen molar-refractivity contribution in [2.75, 3.05) is 10.6 Å². The molecule has 0 bridgehead atoms. The van der Waals surface area contributed by atoms with Gasteiger partial charge in [-0.3, -0.25) is 4.79 Å². The minimum Gasteiger partial charge on any atom is -0.340 e. The summed E-state index contributed by atoms with van der Waals surface area (Å²) in [5, 5.41) is 15.0. The van der Waals surface area contributed by atoms with E-state index in [4.69, 9.17) is 5.26 Å². The monoisotopic (exact) mass is 385 g/mol. The highest BCUT2D eigenvalue weighted by Gasteiger charge is 2.14. The Hall–Kier alpha value is -3.72. The van der Waals surface area contributed by atoms with Crippen molar-refractivity contribution in [2.45, 2.75) is 33.1 Å². The lowest BCUT2D eigenvalue weighted by Crippen LogP contribution is -2.15. The standard InChI is InChI=1S/C23H23N5O/c1-15-25-20(22(29)28-19-7-5-6-16(12-19)14-24)13-21(26-15)27-18-10-8-17(9-11-18)23(2,3)4/h5-13H,1-4H3,(H,28,29)(H,25,26,27). The van der Waals surface area contributed by atoms with Gasteiger partial charge in [0.2, 0.25) is 0 Å². The number of rotatable bonds is 4. The van der Waals surface area contributed by atoms with E-state index in [0.29, 0.717) is 22.9 Å². The molecule has 0 unspecified atom stereocenters. The van der Waals surface area contributed by atoms with E-state index in [2.05, 4.69) is 59.6 Å². The first kappa shape index (κ1) is 20.0. The Morgan fingerprint density at radius 2 is 1.72 bits per heavy atom. The Labute approximate surface area is 170 Å². The molecule has 0 aliphatic rings. The SMILES string of the molecule is Cc1nc(Nc2ccc(C(C)(C)C)cc2)cc(C(=O)Nc2cccc(C#N)c2)n1. The molecule has 0 fully saturated rings. The van der Waals surface area contributed by atoms with Crippen LogP contribution in [0.5, 0.6) is 0 Å². The van der Waals surface area contributed by atoms with Gasteiger partial charge < -0.3 is 10.6 Å². The molecule has 0 saturated carbocycles. The fraction of sp³-hybridized carbons (Fsp3) is 0.217. The van der Waals surface area contributed by atoms with E-state index < -0.39 is 0 Å². The van der Waals surface area contributed by atoms with E-state index in [1.807, 2.05) is 12.1 Å². The number of benzene rings is 2. The predicted molar refractivity (Wildman–Crippen MR) is 114 cm³/mol. The molecule has 0 spiro atoms. The molecule has 0 atom stereocenters. The first-order valence-corrected chi connectivity index (χ1v) is 9.29. The normalized spacial score (nSPS) is 10.9. The van der Waals surface area contributed by atoms with Crippen LogP contribution in [-0.2, 0) is 5.41 Å². The van der Waals surface area contributed by atoms with Gasteiger partial charge in [-0.1, -0.05) is 39.0 Å². The quantitative estimate of drug-likeness (QED) is 0.663. The van der Waals surface area contributed by atoms with Crippen LogP contribution in [0, 0.1) is 18.3 Å². The van der Waals surface area contributed by atoms with Gasteiger partial charge in [0, 0.05) is 17.4 Å². The molecule has 0 aliphatic carbocycles. The second-order valence-corrected chi connectivity index (χ2v) is 7.78. The highest BCUT2D eigenvalue weighted by Crippen LogP contribution is 2.24. The number of hydrogen-bond acceptors (Lipinski definition) is 5. The second kappa shape index (κ2) is 8.11. The number of aryl methyl sites for hydroxylation is 1. The number of hydrogen-bond donors (Lipinski definition) is 2. The minimum atomic E-state index is -0.364. The number of amides is 1. The van der Waals surface area contributed by atoms with Crippen LogP contribution in [-0.4, -0.2) is 15.9 Å². The molecule has 146 valence electrons. The topological polar surface area (TPSA) is 90.7 Å². The number of nitrogens with one attached hydrogen (secondary N) is 2. The van der Waals surface area contributed by atoms with Gasteiger partial charge in [-0.25, -0.2) is 9.97 Å². The largest absolute Gasteiger partial charge is 0.340 e. The Bertz CT molecular complexity index is 1080. The number of nitrogens with zero attached hydrogens (tertiary/aromatic N) is 3. The molecule has 0 radical (unpaired) electrons. The number of nitriles is 1. The zero-order chi connectivity index (χ0) is 21.0. The number of aromatic nitrogens is 2. The van der Waals surface area contributed by atoms with Gasteiger partial charge in [-0.15, -0.1) is 0 Å². The molecular weight excluding hydrogens is 362 g/mol. The van der Waals surface area contributed by atoms with Crippen molar-refractivity contribution in [3.8, 4) is 6.07 Å². The Balaban J connectivity index is 1.78. The summed E-state index contributed by atoms with van der Waals surface area (Å²) in [7, 11) is 0. The summed E-state index contributed by atoms with van der Waals surface area (Å²) in [5.41, 5.74) is 3.46. The smallest absolute Gasteiger partial charge is 0.274 e. The van der Waals surface area contributed by atoms with Gasteiger partial charge in [0.05, 0.1) is 11.6 Å². The summed E-state index contributed by atoms with van der Waals surface area (Å²) >= 11 is 0. The van der Waals surface area contributed by atoms with Crippen molar-refractivity contribution < 1.29 is 4.79 Å². The van der Waals surface area contributed by atoms with Crippen LogP contribution in [0.4, 0.5) is 17.2 Å². The van der Waals surface area contributed by atoms with Crippen LogP contribution in [0.25, 0.3) is 0 Å². The molecule has 3 rings (SSSR count). The Morgan fingerprint density at radius 3 is 2.38 bits per heavy atom. The summed E-state index contributed by atoms with van der Waals surface area (Å²) in [6, 6.07) is 18.5. The van der Waals surface area contributed by atoms with Crippen LogP contribution >= 0.6 is 0 Å². The molecule has 3 aromatic rings. The number of carbonyl (C=O) groups is 1. The lowest BCUT2D eigenvalue weighted by atomic mass is 9.87. The van der Waals surface area contributed by atoms with Crippen molar-refractivity contribution in [1.82, 2.24) is 9.97 Å². The van der Waals surface area contributed by atoms with Crippen molar-refractivity contribution in [1.29, 1.82) is 5.26 Å². The minimum absolute atomic E-state index is 0.0815. The number of anilines is 3. The van der Waals surface area contributed by atoms with Crippen LogP contribution < -0.4 is 10.6 Å². The van der Waals surface area contributed by atoms with Gasteiger partial charge in [0.25, 0.3) is 5.91 Å². The van der Waals surface area contributed by atoms with Crippen molar-refractivity contribution in [3.05, 3.63) is 77.2 Å². The van der Waals surface area contributed by atoms with Gasteiger partial charge in [-0.2, -0.15) is 5.26 Å². The fourth-order valence-corrected chi connectivity index (χ4v) is 2.81. The zero-order valence-corrected chi connectivity index (χ0v) is 16.9. The van der Waals surface area contributed by atoms with Crippen LogP contribution in [0.15, 0.2) is 54.6 Å². The molecule has 2 aromatic carbocycles. The highest BCUT2D eigenvalue weighted by atomic mass is 16.1. The molecule has 1 heterocycles. The first-order valence-electron chi connectivity index (χ1n) is 9.29. The second-order valence-electron chi connectivity index (χ2n) is 7.78. The molecule has 6 heteroatoms. The van der Waals surface area contributed by atoms with Crippen molar-refractivity contribution in [3.63, 3.8) is 0 Å². The molecule has 6 nitrogen and oxygen atoms in total. The molecular formula is C23H23N5O. The third-order valence-corrected chi connectivity index (χ3v) is 4.34. The third-order valence-electron chi connectivity index (χ3n) is 4.34. The third kappa shape index (κ3) is 5.17. The van der Waals surface area contributed by atoms with Gasteiger partial charge in [0.15, 0.2) is 0 Å². The van der Waals surface area contributed by atoms with Gasteiger partial charge >= 0.3 is 0 Å². The number of carbonyl (C=O) groups excluding carboxylic acids is 1. The molecule has 1 amide bonds. The highest BCUT2D eigenvalue weighted by molar-refractivity contribution is 6.03. The van der Waals surface area contributed by atoms with Gasteiger partial charge in [-0.05, 0) is 48.2 Å². The maximum absolute atomic E-state index is 12.6. The van der Waals surface area contributed by atoms with Crippen molar-refractivity contribution >= 4 is 23.1 Å². The molecule has 29 heavy (non-hydrogen) atoms. The predicted octanol–water partition coefficient (Wildman–Crippen LogP) is 4.95. The lowest BCUT2D eigenvalue weighted by Gasteiger charge is -2.19. The molecule has 0 aliphatic heterocycles. The van der Waals surface area contributed by atoms with Gasteiger partial charge in [0.1, 0.15) is 17.3 Å². The Morgan fingerprint density at radius 1 is 1.00 bits per heavy atom. The van der Waals surface area contributed by atoms with Crippen LogP contribution in [0.1, 0.15) is 48.2 Å². The summed E-state index contributed by atoms with van der Waals surface area (Å²) in [6.07, 6.45) is 0. The van der Waals surface area contributed by atoms with Crippen LogP contribution in [0.2, 0.25) is 0 Å². The van der Waals surface area contributed by atoms with Crippen LogP contribution in [0.3, 0.4) is 0 Å². The van der Waals surface area contributed by atoms with E-state index in [9.17, 15) is 4.79 Å². The Kier molecular flexibility index (Phi) is 5.60. The van der Waals surface area contributed by atoms with E-state index in [1.165, 1.54) is 5.56 Å². The van der Waals surface area contributed by atoms with E-state index in [1.54, 1.807) is 37.3 Å². The summed E-state index contributed by atoms with van der Waals surface area (Å²) < 4.78 is 0. The zero-order valence-electron chi connectivity index (χ0n) is 16.9. The average Bonchev–Trinajstić information content (AvgIpc) is 2.67. The maximum Gasteiger partial charge on any atom is 0.274 e. The summed E-state index contributed by atoms with van der Waals surface area (Å²) in [5.74, 6) is 0.658. The van der Waals surface area contributed by atoms with E-state index >= 15 is 0 Å². The summed E-state index contributed by atoms with van der Waals surface area (Å²) in [4.78, 5) is 21.2. The first-order chi connectivity index (χ1) is 13.7. The average molecular weight is 385 g/mol.